The highest BCUT2D eigenvalue weighted by Gasteiger charge is 2.21. The largest absolute Gasteiger partial charge is 0.367 e. The molecule has 1 saturated heterocycles. The summed E-state index contributed by atoms with van der Waals surface area (Å²) in [5.74, 6) is 0.171. The van der Waals surface area contributed by atoms with Crippen LogP contribution in [0.15, 0.2) is 73.2 Å². The molecule has 10 heteroatoms. The Morgan fingerprint density at radius 1 is 0.927 bits per heavy atom. The number of H-pyrrole nitrogens is 2. The minimum Gasteiger partial charge on any atom is -0.367 e. The first-order valence-corrected chi connectivity index (χ1v) is 13.8. The summed E-state index contributed by atoms with van der Waals surface area (Å²) in [5, 5.41) is 11.4. The molecule has 0 saturated carbocycles. The number of nitrogens with one attached hydrogen (secondary N) is 3. The van der Waals surface area contributed by atoms with Crippen molar-refractivity contribution in [1.29, 1.82) is 0 Å². The summed E-state index contributed by atoms with van der Waals surface area (Å²) in [6, 6.07) is 17.8. The zero-order valence-electron chi connectivity index (χ0n) is 22.7. The van der Waals surface area contributed by atoms with E-state index in [0.717, 1.165) is 60.6 Å². The fraction of sp³-hybridized carbons (Fsp3) is 0.226. The lowest BCUT2D eigenvalue weighted by molar-refractivity contribution is 0.313. The molecule has 206 valence electrons. The highest BCUT2D eigenvalue weighted by atomic mass is 19.1. The Hall–Kier alpha value is -4.67. The molecule has 0 amide bonds. The van der Waals surface area contributed by atoms with E-state index in [1.165, 1.54) is 11.6 Å². The van der Waals surface area contributed by atoms with Crippen molar-refractivity contribution in [2.24, 2.45) is 0 Å². The van der Waals surface area contributed by atoms with Crippen LogP contribution in [-0.2, 0) is 13.1 Å². The number of imidazole rings is 1. The molecule has 6 aromatic rings. The lowest BCUT2D eigenvalue weighted by Gasteiger charge is -2.34. The molecule has 3 N–H and O–H groups in total. The molecule has 0 bridgehead atoms. The first-order valence-electron chi connectivity index (χ1n) is 13.8. The van der Waals surface area contributed by atoms with Crippen LogP contribution in [0.25, 0.3) is 44.7 Å². The van der Waals surface area contributed by atoms with Crippen LogP contribution in [0.1, 0.15) is 11.1 Å². The van der Waals surface area contributed by atoms with Crippen molar-refractivity contribution in [1.82, 2.24) is 40.3 Å². The van der Waals surface area contributed by atoms with Crippen LogP contribution in [0.5, 0.6) is 0 Å². The number of fused-ring (bicyclic) bond motifs is 2. The SMILES string of the molecule is CN1CCN(c2ccnc3nc(-c4[nH]nc5c(F)cc(-c6cncc(CNCc7ccccc7)c6)cc45)[nH]c23)CC1. The van der Waals surface area contributed by atoms with Gasteiger partial charge in [-0.1, -0.05) is 30.3 Å². The van der Waals surface area contributed by atoms with E-state index in [1.54, 1.807) is 12.4 Å². The fourth-order valence-electron chi connectivity index (χ4n) is 5.44. The van der Waals surface area contributed by atoms with E-state index in [0.29, 0.717) is 29.1 Å². The normalized spacial score (nSPS) is 14.3. The number of rotatable bonds is 7. The van der Waals surface area contributed by atoms with Crippen LogP contribution in [0.2, 0.25) is 0 Å². The molecule has 2 aromatic carbocycles. The van der Waals surface area contributed by atoms with Crippen LogP contribution in [0.4, 0.5) is 10.1 Å². The van der Waals surface area contributed by atoms with E-state index in [-0.39, 0.29) is 5.52 Å². The molecule has 5 heterocycles. The van der Waals surface area contributed by atoms with Gasteiger partial charge < -0.3 is 20.1 Å². The number of pyridine rings is 2. The van der Waals surface area contributed by atoms with Gasteiger partial charge in [0.05, 0.1) is 5.69 Å². The van der Waals surface area contributed by atoms with E-state index < -0.39 is 5.82 Å². The standard InChI is InChI=1S/C31H30FN9/c1-40-9-11-41(12-10-40)26-7-8-35-30-29(26)36-31(37-30)28-24-14-22(15-25(32)27(24)38-39-28)23-13-21(18-34-19-23)17-33-16-20-5-3-2-4-6-20/h2-8,13-15,18-19,33H,9-12,16-17H2,1H3,(H,38,39)(H,35,36,37). The maximum absolute atomic E-state index is 15.3. The van der Waals surface area contributed by atoms with Crippen molar-refractivity contribution < 1.29 is 4.39 Å². The second-order valence-corrected chi connectivity index (χ2v) is 10.5. The Labute approximate surface area is 236 Å². The Morgan fingerprint density at radius 3 is 2.61 bits per heavy atom. The summed E-state index contributed by atoms with van der Waals surface area (Å²) in [6.07, 6.45) is 5.38. The average molecular weight is 548 g/mol. The minimum absolute atomic E-state index is 0.269. The topological polar surface area (TPSA) is 102 Å². The molecule has 0 radical (unpaired) electrons. The number of piperazine rings is 1. The summed E-state index contributed by atoms with van der Waals surface area (Å²) in [7, 11) is 2.14. The zero-order valence-corrected chi connectivity index (χ0v) is 22.7. The maximum atomic E-state index is 15.3. The third-order valence-corrected chi connectivity index (χ3v) is 7.69. The van der Waals surface area contributed by atoms with Gasteiger partial charge >= 0.3 is 0 Å². The van der Waals surface area contributed by atoms with Crippen molar-refractivity contribution in [3.05, 3.63) is 90.1 Å². The first kappa shape index (κ1) is 25.3. The van der Waals surface area contributed by atoms with Crippen LogP contribution in [-0.4, -0.2) is 68.3 Å². The molecule has 1 fully saturated rings. The van der Waals surface area contributed by atoms with E-state index >= 15 is 4.39 Å². The smallest absolute Gasteiger partial charge is 0.180 e. The second kappa shape index (κ2) is 10.7. The summed E-state index contributed by atoms with van der Waals surface area (Å²) in [6.45, 7) is 5.27. The zero-order chi connectivity index (χ0) is 27.8. The van der Waals surface area contributed by atoms with Gasteiger partial charge in [-0.3, -0.25) is 10.1 Å². The van der Waals surface area contributed by atoms with Crippen LogP contribution < -0.4 is 10.2 Å². The van der Waals surface area contributed by atoms with Gasteiger partial charge in [0.2, 0.25) is 0 Å². The van der Waals surface area contributed by atoms with Gasteiger partial charge in [0.15, 0.2) is 17.3 Å². The molecule has 4 aromatic heterocycles. The number of likely N-dealkylation sites (N-methyl/N-ethyl adjacent to an activating group) is 1. The van der Waals surface area contributed by atoms with Gasteiger partial charge in [-0.05, 0) is 48.0 Å². The number of benzene rings is 2. The number of anilines is 1. The monoisotopic (exact) mass is 547 g/mol. The van der Waals surface area contributed by atoms with Gasteiger partial charge in [0.25, 0.3) is 0 Å². The number of aromatic nitrogens is 6. The van der Waals surface area contributed by atoms with Gasteiger partial charge in [-0.25, -0.2) is 14.4 Å². The third kappa shape index (κ3) is 5.03. The third-order valence-electron chi connectivity index (χ3n) is 7.69. The van der Waals surface area contributed by atoms with Crippen LogP contribution in [0, 0.1) is 5.82 Å². The molecular formula is C31H30FN9. The Kier molecular flexibility index (Phi) is 6.62. The van der Waals surface area contributed by atoms with Gasteiger partial charge in [0.1, 0.15) is 16.7 Å². The van der Waals surface area contributed by atoms with E-state index in [1.807, 2.05) is 42.6 Å². The Bertz CT molecular complexity index is 1820. The Morgan fingerprint density at radius 2 is 1.76 bits per heavy atom. The van der Waals surface area contributed by atoms with Gasteiger partial charge in [-0.2, -0.15) is 5.10 Å². The summed E-state index contributed by atoms with van der Waals surface area (Å²) < 4.78 is 15.3. The fourth-order valence-corrected chi connectivity index (χ4v) is 5.44. The van der Waals surface area contributed by atoms with Crippen molar-refractivity contribution in [2.45, 2.75) is 13.1 Å². The quantitative estimate of drug-likeness (QED) is 0.265. The molecule has 41 heavy (non-hydrogen) atoms. The van der Waals surface area contributed by atoms with Crippen molar-refractivity contribution >= 4 is 27.8 Å². The van der Waals surface area contributed by atoms with Crippen molar-refractivity contribution in [3.8, 4) is 22.6 Å². The average Bonchev–Trinajstić information content (AvgIpc) is 3.63. The second-order valence-electron chi connectivity index (χ2n) is 10.5. The molecule has 1 aliphatic rings. The van der Waals surface area contributed by atoms with Gasteiger partial charge in [-0.15, -0.1) is 0 Å². The van der Waals surface area contributed by atoms with Crippen molar-refractivity contribution in [2.75, 3.05) is 38.1 Å². The molecular weight excluding hydrogens is 517 g/mol. The number of nitrogens with zero attached hydrogens (tertiary/aromatic N) is 6. The molecule has 0 unspecified atom stereocenters. The lowest BCUT2D eigenvalue weighted by Crippen LogP contribution is -2.44. The molecule has 1 aliphatic heterocycles. The highest BCUT2D eigenvalue weighted by Crippen LogP contribution is 2.33. The van der Waals surface area contributed by atoms with E-state index in [9.17, 15) is 0 Å². The number of halogens is 1. The number of hydrogen-bond acceptors (Lipinski definition) is 7. The Balaban J connectivity index is 1.19. The summed E-state index contributed by atoms with van der Waals surface area (Å²) in [5.41, 5.74) is 7.24. The van der Waals surface area contributed by atoms with Crippen molar-refractivity contribution in [3.63, 3.8) is 0 Å². The summed E-state index contributed by atoms with van der Waals surface area (Å²) in [4.78, 5) is 21.8. The van der Waals surface area contributed by atoms with E-state index in [2.05, 4.69) is 59.4 Å². The van der Waals surface area contributed by atoms with E-state index in [4.69, 9.17) is 4.98 Å². The molecule has 0 spiro atoms. The number of hydrogen-bond donors (Lipinski definition) is 3. The highest BCUT2D eigenvalue weighted by molar-refractivity contribution is 5.97. The van der Waals surface area contributed by atoms with Gasteiger partial charge in [0, 0.05) is 68.8 Å². The molecule has 9 nitrogen and oxygen atoms in total. The predicted octanol–water partition coefficient (Wildman–Crippen LogP) is 4.74. The van der Waals surface area contributed by atoms with Crippen LogP contribution >= 0.6 is 0 Å². The maximum Gasteiger partial charge on any atom is 0.180 e. The predicted molar refractivity (Wildman–Crippen MR) is 159 cm³/mol. The molecule has 0 atom stereocenters. The van der Waals surface area contributed by atoms with Crippen LogP contribution in [0.3, 0.4) is 0 Å². The molecule has 7 rings (SSSR count). The lowest BCUT2D eigenvalue weighted by atomic mass is 10.0. The number of aromatic amines is 2. The summed E-state index contributed by atoms with van der Waals surface area (Å²) >= 11 is 0. The minimum atomic E-state index is -0.403. The first-order chi connectivity index (χ1) is 20.1. The molecule has 0 aliphatic carbocycles.